The first kappa shape index (κ1) is 12.9. The summed E-state index contributed by atoms with van der Waals surface area (Å²) in [5.74, 6) is 0.435. The molecule has 0 amide bonds. The first-order valence-corrected chi connectivity index (χ1v) is 6.25. The summed E-state index contributed by atoms with van der Waals surface area (Å²) in [5, 5.41) is 0.954. The summed E-state index contributed by atoms with van der Waals surface area (Å²) < 4.78 is 10.8. The van der Waals surface area contributed by atoms with E-state index in [1.165, 1.54) is 6.20 Å². The molecule has 1 aromatic rings. The summed E-state index contributed by atoms with van der Waals surface area (Å²) in [4.78, 5) is 6.32. The maximum absolute atomic E-state index is 5.95. The molecule has 0 N–H and O–H groups in total. The van der Waals surface area contributed by atoms with Crippen molar-refractivity contribution >= 4 is 23.2 Å². The van der Waals surface area contributed by atoms with Crippen LogP contribution < -0.4 is 4.74 Å². The van der Waals surface area contributed by atoms with Crippen LogP contribution in [0.5, 0.6) is 5.88 Å². The average Bonchev–Trinajstić information content (AvgIpc) is 2.33. The minimum absolute atomic E-state index is 0.435. The molecule has 17 heavy (non-hydrogen) atoms. The van der Waals surface area contributed by atoms with E-state index in [0.29, 0.717) is 22.5 Å². The lowest BCUT2D eigenvalue weighted by Gasteiger charge is -2.26. The molecule has 0 spiro atoms. The number of hydrogen-bond acceptors (Lipinski definition) is 4. The number of morpholine rings is 1. The third-order valence-electron chi connectivity index (χ3n) is 2.52. The van der Waals surface area contributed by atoms with Crippen molar-refractivity contribution in [2.24, 2.45) is 0 Å². The van der Waals surface area contributed by atoms with Crippen LogP contribution in [0, 0.1) is 0 Å². The number of hydrogen-bond donors (Lipinski definition) is 0. The van der Waals surface area contributed by atoms with Crippen molar-refractivity contribution in [2.75, 3.05) is 39.5 Å². The molecule has 0 saturated carbocycles. The topological polar surface area (TPSA) is 34.6 Å². The van der Waals surface area contributed by atoms with E-state index >= 15 is 0 Å². The van der Waals surface area contributed by atoms with Gasteiger partial charge in [0.2, 0.25) is 5.88 Å². The van der Waals surface area contributed by atoms with Gasteiger partial charge in [-0.05, 0) is 6.07 Å². The minimum Gasteiger partial charge on any atom is -0.475 e. The van der Waals surface area contributed by atoms with Gasteiger partial charge in [0, 0.05) is 25.8 Å². The highest BCUT2D eigenvalue weighted by Crippen LogP contribution is 2.24. The molecule has 2 heterocycles. The minimum atomic E-state index is 0.435. The van der Waals surface area contributed by atoms with Crippen LogP contribution in [0.4, 0.5) is 0 Å². The molecule has 1 aromatic heterocycles. The van der Waals surface area contributed by atoms with E-state index in [-0.39, 0.29) is 0 Å². The summed E-state index contributed by atoms with van der Waals surface area (Å²) in [5.41, 5.74) is 0. The largest absolute Gasteiger partial charge is 0.475 e. The van der Waals surface area contributed by atoms with Crippen LogP contribution in [-0.4, -0.2) is 49.3 Å². The molecule has 0 aliphatic carbocycles. The molecule has 6 heteroatoms. The molecule has 0 aromatic carbocycles. The van der Waals surface area contributed by atoms with Crippen LogP contribution in [0.25, 0.3) is 0 Å². The summed E-state index contributed by atoms with van der Waals surface area (Å²) in [6.45, 7) is 4.90. The number of nitrogens with zero attached hydrogens (tertiary/aromatic N) is 2. The predicted octanol–water partition coefficient (Wildman–Crippen LogP) is 2.10. The third-order valence-corrected chi connectivity index (χ3v) is 3.00. The summed E-state index contributed by atoms with van der Waals surface area (Å²) >= 11 is 11.7. The molecule has 4 nitrogen and oxygen atoms in total. The molecule has 2 rings (SSSR count). The standard InChI is InChI=1S/C11H14Cl2N2O2/c12-9-7-10(13)11(14-8-9)17-6-3-15-1-4-16-5-2-15/h7-8H,1-6H2. The zero-order valence-electron chi connectivity index (χ0n) is 9.36. The van der Waals surface area contributed by atoms with Crippen molar-refractivity contribution in [1.29, 1.82) is 0 Å². The molecule has 0 radical (unpaired) electrons. The summed E-state index contributed by atoms with van der Waals surface area (Å²) in [6, 6.07) is 1.63. The van der Waals surface area contributed by atoms with Gasteiger partial charge in [-0.25, -0.2) is 4.98 Å². The average molecular weight is 277 g/mol. The van der Waals surface area contributed by atoms with Crippen molar-refractivity contribution in [2.45, 2.75) is 0 Å². The molecule has 1 fully saturated rings. The van der Waals surface area contributed by atoms with Gasteiger partial charge in [-0.15, -0.1) is 0 Å². The lowest BCUT2D eigenvalue weighted by molar-refractivity contribution is 0.0320. The van der Waals surface area contributed by atoms with Gasteiger partial charge in [0.1, 0.15) is 11.6 Å². The summed E-state index contributed by atoms with van der Waals surface area (Å²) in [7, 11) is 0. The molecule has 94 valence electrons. The molecular weight excluding hydrogens is 263 g/mol. The van der Waals surface area contributed by atoms with Crippen LogP contribution in [-0.2, 0) is 4.74 Å². The maximum atomic E-state index is 5.95. The lowest BCUT2D eigenvalue weighted by Crippen LogP contribution is -2.38. The number of pyridine rings is 1. The van der Waals surface area contributed by atoms with Crippen molar-refractivity contribution in [1.82, 2.24) is 9.88 Å². The van der Waals surface area contributed by atoms with Gasteiger partial charge in [-0.2, -0.15) is 0 Å². The first-order chi connectivity index (χ1) is 8.25. The first-order valence-electron chi connectivity index (χ1n) is 5.49. The molecule has 0 bridgehead atoms. The Kier molecular flexibility index (Phi) is 4.86. The number of halogens is 2. The van der Waals surface area contributed by atoms with E-state index in [2.05, 4.69) is 9.88 Å². The molecule has 1 saturated heterocycles. The second kappa shape index (κ2) is 6.40. The Morgan fingerprint density at radius 1 is 1.35 bits per heavy atom. The second-order valence-corrected chi connectivity index (χ2v) is 4.59. The van der Waals surface area contributed by atoms with Crippen LogP contribution in [0.2, 0.25) is 10.0 Å². The van der Waals surface area contributed by atoms with E-state index in [1.807, 2.05) is 0 Å². The Morgan fingerprint density at radius 2 is 2.12 bits per heavy atom. The smallest absolute Gasteiger partial charge is 0.232 e. The molecule has 1 aliphatic rings. The fourth-order valence-electron chi connectivity index (χ4n) is 1.60. The molecule has 1 aliphatic heterocycles. The Bertz CT molecular complexity index is 370. The molecular formula is C11H14Cl2N2O2. The molecule has 0 unspecified atom stereocenters. The van der Waals surface area contributed by atoms with Gasteiger partial charge in [-0.1, -0.05) is 23.2 Å². The molecule has 0 atom stereocenters. The van der Waals surface area contributed by atoms with Crippen molar-refractivity contribution in [3.05, 3.63) is 22.3 Å². The van der Waals surface area contributed by atoms with Gasteiger partial charge in [0.15, 0.2) is 0 Å². The van der Waals surface area contributed by atoms with Gasteiger partial charge in [-0.3, -0.25) is 4.90 Å². The predicted molar refractivity (Wildman–Crippen MR) is 67.0 cm³/mol. The van der Waals surface area contributed by atoms with Crippen molar-refractivity contribution < 1.29 is 9.47 Å². The van der Waals surface area contributed by atoms with Crippen LogP contribution in [0.1, 0.15) is 0 Å². The van der Waals surface area contributed by atoms with E-state index in [0.717, 1.165) is 32.8 Å². The number of ether oxygens (including phenoxy) is 2. The fraction of sp³-hybridized carbons (Fsp3) is 0.545. The quantitative estimate of drug-likeness (QED) is 0.844. The second-order valence-electron chi connectivity index (χ2n) is 3.74. The number of aromatic nitrogens is 1. The van der Waals surface area contributed by atoms with Crippen molar-refractivity contribution in [3.8, 4) is 5.88 Å². The highest BCUT2D eigenvalue weighted by Gasteiger charge is 2.10. The Morgan fingerprint density at radius 3 is 2.82 bits per heavy atom. The summed E-state index contributed by atoms with van der Waals surface area (Å²) in [6.07, 6.45) is 1.53. The zero-order valence-corrected chi connectivity index (χ0v) is 10.9. The van der Waals surface area contributed by atoms with E-state index in [1.54, 1.807) is 6.07 Å². The van der Waals surface area contributed by atoms with E-state index in [4.69, 9.17) is 32.7 Å². The van der Waals surface area contributed by atoms with Gasteiger partial charge >= 0.3 is 0 Å². The van der Waals surface area contributed by atoms with Crippen LogP contribution in [0.3, 0.4) is 0 Å². The van der Waals surface area contributed by atoms with Crippen LogP contribution >= 0.6 is 23.2 Å². The monoisotopic (exact) mass is 276 g/mol. The highest BCUT2D eigenvalue weighted by molar-refractivity contribution is 6.35. The van der Waals surface area contributed by atoms with Crippen molar-refractivity contribution in [3.63, 3.8) is 0 Å². The fourth-order valence-corrected chi connectivity index (χ4v) is 2.04. The number of rotatable bonds is 4. The van der Waals surface area contributed by atoms with Gasteiger partial charge < -0.3 is 9.47 Å². The Hall–Kier alpha value is -0.550. The zero-order chi connectivity index (χ0) is 12.1. The highest BCUT2D eigenvalue weighted by atomic mass is 35.5. The Labute approximate surface area is 110 Å². The van der Waals surface area contributed by atoms with E-state index in [9.17, 15) is 0 Å². The van der Waals surface area contributed by atoms with Crippen LogP contribution in [0.15, 0.2) is 12.3 Å². The SMILES string of the molecule is Clc1cnc(OCCN2CCOCC2)c(Cl)c1. The van der Waals surface area contributed by atoms with E-state index < -0.39 is 0 Å². The third kappa shape index (κ3) is 4.00. The Balaban J connectivity index is 1.77. The normalized spacial score (nSPS) is 17.1. The lowest BCUT2D eigenvalue weighted by atomic mass is 10.4. The van der Waals surface area contributed by atoms with Gasteiger partial charge in [0.25, 0.3) is 0 Å². The maximum Gasteiger partial charge on any atom is 0.232 e. The van der Waals surface area contributed by atoms with Gasteiger partial charge in [0.05, 0.1) is 18.2 Å².